The standard InChI is InChI=1S/C8H16N2O2/c11-6-2-5-9-8(12)10-7-3-1-4-7/h7,11H,1-6H2,(H2,9,10,12). The molecule has 0 bridgehead atoms. The molecular formula is C8H16N2O2. The summed E-state index contributed by atoms with van der Waals surface area (Å²) in [6.07, 6.45) is 4.06. The van der Waals surface area contributed by atoms with Crippen molar-refractivity contribution in [1.82, 2.24) is 10.6 Å². The summed E-state index contributed by atoms with van der Waals surface area (Å²) in [5.41, 5.74) is 0. The van der Waals surface area contributed by atoms with E-state index in [9.17, 15) is 4.79 Å². The number of urea groups is 1. The van der Waals surface area contributed by atoms with Crippen molar-refractivity contribution in [2.45, 2.75) is 31.7 Å². The average Bonchev–Trinajstić information content (AvgIpc) is 1.98. The molecule has 0 heterocycles. The van der Waals surface area contributed by atoms with E-state index >= 15 is 0 Å². The van der Waals surface area contributed by atoms with Crippen LogP contribution < -0.4 is 10.6 Å². The minimum absolute atomic E-state index is 0.104. The molecule has 0 aliphatic heterocycles. The van der Waals surface area contributed by atoms with E-state index in [1.807, 2.05) is 0 Å². The van der Waals surface area contributed by atoms with Crippen LogP contribution in [-0.4, -0.2) is 30.3 Å². The van der Waals surface area contributed by atoms with E-state index in [2.05, 4.69) is 10.6 Å². The normalized spacial score (nSPS) is 16.8. The molecule has 1 aliphatic rings. The third kappa shape index (κ3) is 3.09. The van der Waals surface area contributed by atoms with Gasteiger partial charge in [0.2, 0.25) is 0 Å². The van der Waals surface area contributed by atoms with Crippen LogP contribution in [0.4, 0.5) is 4.79 Å². The van der Waals surface area contributed by atoms with Crippen LogP contribution in [0.1, 0.15) is 25.7 Å². The molecule has 0 unspecified atom stereocenters. The van der Waals surface area contributed by atoms with Crippen LogP contribution in [0.2, 0.25) is 0 Å². The van der Waals surface area contributed by atoms with Crippen LogP contribution >= 0.6 is 0 Å². The Balaban J connectivity index is 1.95. The molecular weight excluding hydrogens is 156 g/mol. The second kappa shape index (κ2) is 4.98. The van der Waals surface area contributed by atoms with Crippen molar-refractivity contribution in [3.63, 3.8) is 0 Å². The van der Waals surface area contributed by atoms with Gasteiger partial charge in [0.1, 0.15) is 0 Å². The first-order chi connectivity index (χ1) is 5.83. The largest absolute Gasteiger partial charge is 0.396 e. The van der Waals surface area contributed by atoms with E-state index in [0.717, 1.165) is 12.8 Å². The van der Waals surface area contributed by atoms with Crippen molar-refractivity contribution >= 4 is 6.03 Å². The molecule has 0 spiro atoms. The molecule has 1 saturated carbocycles. The molecule has 0 saturated heterocycles. The molecule has 70 valence electrons. The maximum atomic E-state index is 11.0. The average molecular weight is 172 g/mol. The highest BCUT2D eigenvalue weighted by Crippen LogP contribution is 2.17. The number of carbonyl (C=O) groups excluding carboxylic acids is 1. The van der Waals surface area contributed by atoms with Crippen LogP contribution in [0.5, 0.6) is 0 Å². The van der Waals surface area contributed by atoms with Gasteiger partial charge in [-0.05, 0) is 25.7 Å². The molecule has 3 N–H and O–H groups in total. The summed E-state index contributed by atoms with van der Waals surface area (Å²) < 4.78 is 0. The fourth-order valence-electron chi connectivity index (χ4n) is 1.07. The topological polar surface area (TPSA) is 61.4 Å². The Hall–Kier alpha value is -0.770. The van der Waals surface area contributed by atoms with E-state index in [0.29, 0.717) is 19.0 Å². The SMILES string of the molecule is O=C(NCCCO)NC1CCC1. The van der Waals surface area contributed by atoms with Crippen molar-refractivity contribution in [2.75, 3.05) is 13.2 Å². The Kier molecular flexibility index (Phi) is 3.87. The Morgan fingerprint density at radius 3 is 2.75 bits per heavy atom. The molecule has 4 heteroatoms. The lowest BCUT2D eigenvalue weighted by atomic mass is 9.93. The lowest BCUT2D eigenvalue weighted by Crippen LogP contribution is -2.45. The van der Waals surface area contributed by atoms with Gasteiger partial charge in [-0.1, -0.05) is 0 Å². The van der Waals surface area contributed by atoms with Gasteiger partial charge < -0.3 is 15.7 Å². The lowest BCUT2D eigenvalue weighted by Gasteiger charge is -2.26. The number of rotatable bonds is 4. The van der Waals surface area contributed by atoms with E-state index in [1.54, 1.807) is 0 Å². The van der Waals surface area contributed by atoms with Gasteiger partial charge in [-0.25, -0.2) is 4.79 Å². The zero-order valence-corrected chi connectivity index (χ0v) is 7.18. The quantitative estimate of drug-likeness (QED) is 0.531. The number of aliphatic hydroxyl groups is 1. The van der Waals surface area contributed by atoms with Gasteiger partial charge in [0.05, 0.1) is 0 Å². The van der Waals surface area contributed by atoms with E-state index in [-0.39, 0.29) is 12.6 Å². The van der Waals surface area contributed by atoms with Crippen LogP contribution in [0, 0.1) is 0 Å². The number of aliphatic hydroxyl groups excluding tert-OH is 1. The van der Waals surface area contributed by atoms with E-state index in [4.69, 9.17) is 5.11 Å². The summed E-state index contributed by atoms with van der Waals surface area (Å²) in [5.74, 6) is 0. The maximum absolute atomic E-state index is 11.0. The fraction of sp³-hybridized carbons (Fsp3) is 0.875. The summed E-state index contributed by atoms with van der Waals surface area (Å²) in [5, 5.41) is 14.0. The third-order valence-electron chi connectivity index (χ3n) is 2.06. The summed E-state index contributed by atoms with van der Waals surface area (Å²) in [4.78, 5) is 11.0. The van der Waals surface area contributed by atoms with Gasteiger partial charge in [0.25, 0.3) is 0 Å². The number of carbonyl (C=O) groups is 1. The van der Waals surface area contributed by atoms with Crippen molar-refractivity contribution in [3.8, 4) is 0 Å². The van der Waals surface area contributed by atoms with Crippen molar-refractivity contribution < 1.29 is 9.90 Å². The molecule has 1 fully saturated rings. The van der Waals surface area contributed by atoms with Crippen LogP contribution in [0.25, 0.3) is 0 Å². The molecule has 0 aromatic rings. The Bertz CT molecular complexity index is 146. The molecule has 0 radical (unpaired) electrons. The van der Waals surface area contributed by atoms with Gasteiger partial charge in [0.15, 0.2) is 0 Å². The number of hydrogen-bond donors (Lipinski definition) is 3. The number of nitrogens with one attached hydrogen (secondary N) is 2. The molecule has 1 rings (SSSR count). The lowest BCUT2D eigenvalue weighted by molar-refractivity contribution is 0.226. The predicted octanol–water partition coefficient (Wildman–Crippen LogP) is 0.220. The highest BCUT2D eigenvalue weighted by Gasteiger charge is 2.18. The minimum Gasteiger partial charge on any atom is -0.396 e. The number of hydrogen-bond acceptors (Lipinski definition) is 2. The van der Waals surface area contributed by atoms with E-state index in [1.165, 1.54) is 6.42 Å². The molecule has 0 aromatic heterocycles. The molecule has 0 atom stereocenters. The Morgan fingerprint density at radius 2 is 2.25 bits per heavy atom. The highest BCUT2D eigenvalue weighted by molar-refractivity contribution is 5.74. The van der Waals surface area contributed by atoms with Crippen molar-refractivity contribution in [2.24, 2.45) is 0 Å². The predicted molar refractivity (Wildman–Crippen MR) is 45.9 cm³/mol. The van der Waals surface area contributed by atoms with Gasteiger partial charge in [0, 0.05) is 19.2 Å². The van der Waals surface area contributed by atoms with Crippen LogP contribution in [0.15, 0.2) is 0 Å². The zero-order valence-electron chi connectivity index (χ0n) is 7.18. The monoisotopic (exact) mass is 172 g/mol. The van der Waals surface area contributed by atoms with Gasteiger partial charge in [-0.2, -0.15) is 0 Å². The number of amides is 2. The smallest absolute Gasteiger partial charge is 0.315 e. The minimum atomic E-state index is -0.104. The maximum Gasteiger partial charge on any atom is 0.315 e. The van der Waals surface area contributed by atoms with Crippen molar-refractivity contribution in [1.29, 1.82) is 0 Å². The first-order valence-corrected chi connectivity index (χ1v) is 4.48. The molecule has 4 nitrogen and oxygen atoms in total. The van der Waals surface area contributed by atoms with Crippen LogP contribution in [0.3, 0.4) is 0 Å². The van der Waals surface area contributed by atoms with Gasteiger partial charge in [-0.3, -0.25) is 0 Å². The molecule has 2 amide bonds. The first kappa shape index (κ1) is 9.32. The fourth-order valence-corrected chi connectivity index (χ4v) is 1.07. The Morgan fingerprint density at radius 1 is 1.50 bits per heavy atom. The highest BCUT2D eigenvalue weighted by atomic mass is 16.3. The summed E-state index contributed by atoms with van der Waals surface area (Å²) in [6, 6.07) is 0.285. The molecule has 0 aromatic carbocycles. The molecule has 12 heavy (non-hydrogen) atoms. The third-order valence-corrected chi connectivity index (χ3v) is 2.06. The zero-order chi connectivity index (χ0) is 8.81. The summed E-state index contributed by atoms with van der Waals surface area (Å²) in [6.45, 7) is 0.679. The molecule has 1 aliphatic carbocycles. The van der Waals surface area contributed by atoms with Gasteiger partial charge in [-0.15, -0.1) is 0 Å². The van der Waals surface area contributed by atoms with Crippen molar-refractivity contribution in [3.05, 3.63) is 0 Å². The first-order valence-electron chi connectivity index (χ1n) is 4.48. The van der Waals surface area contributed by atoms with Crippen LogP contribution in [-0.2, 0) is 0 Å². The van der Waals surface area contributed by atoms with Gasteiger partial charge >= 0.3 is 6.03 Å². The second-order valence-electron chi connectivity index (χ2n) is 3.11. The summed E-state index contributed by atoms with van der Waals surface area (Å²) >= 11 is 0. The summed E-state index contributed by atoms with van der Waals surface area (Å²) in [7, 11) is 0. The van der Waals surface area contributed by atoms with E-state index < -0.39 is 0 Å². The second-order valence-corrected chi connectivity index (χ2v) is 3.11. The Labute approximate surface area is 72.3 Å².